The lowest BCUT2D eigenvalue weighted by molar-refractivity contribution is 0.329. The second-order valence-electron chi connectivity index (χ2n) is 2.50. The van der Waals surface area contributed by atoms with Crippen molar-refractivity contribution in [2.75, 3.05) is 6.61 Å². The van der Waals surface area contributed by atoms with Crippen molar-refractivity contribution in [3.05, 3.63) is 23.8 Å². The Labute approximate surface area is 80.9 Å². The zero-order chi connectivity index (χ0) is 9.10. The van der Waals surface area contributed by atoms with Gasteiger partial charge in [-0.1, -0.05) is 17.3 Å². The van der Waals surface area contributed by atoms with Gasteiger partial charge in [-0.3, -0.25) is 0 Å². The van der Waals surface area contributed by atoms with Crippen LogP contribution in [0.25, 0.3) is 0 Å². The molecular formula is C9H9NO2S. The average molecular weight is 195 g/mol. The fraction of sp³-hybridized carbons (Fsp3) is 0.222. The molecule has 0 bridgehead atoms. The van der Waals surface area contributed by atoms with Gasteiger partial charge in [0.2, 0.25) is 0 Å². The summed E-state index contributed by atoms with van der Waals surface area (Å²) in [6.07, 6.45) is 1.69. The van der Waals surface area contributed by atoms with Gasteiger partial charge >= 0.3 is 0 Å². The van der Waals surface area contributed by atoms with E-state index in [0.717, 1.165) is 16.2 Å². The second-order valence-corrected chi connectivity index (χ2v) is 3.22. The van der Waals surface area contributed by atoms with Crippen molar-refractivity contribution in [2.24, 2.45) is 5.16 Å². The number of benzene rings is 1. The molecule has 0 aromatic heterocycles. The highest BCUT2D eigenvalue weighted by Crippen LogP contribution is 2.34. The highest BCUT2D eigenvalue weighted by molar-refractivity contribution is 7.94. The first-order chi connectivity index (χ1) is 6.42. The predicted molar refractivity (Wildman–Crippen MR) is 52.1 cm³/mol. The molecule has 0 amide bonds. The summed E-state index contributed by atoms with van der Waals surface area (Å²) in [4.78, 5) is 0.999. The minimum atomic E-state index is 0.661. The summed E-state index contributed by atoms with van der Waals surface area (Å²) in [5, 5.41) is 3.70. The van der Waals surface area contributed by atoms with Gasteiger partial charge in [0.05, 0.1) is 12.8 Å². The summed E-state index contributed by atoms with van der Waals surface area (Å²) >= 11 is 1.23. The SMILES string of the molecule is CCOc1cccc2c1SON=C2. The Bertz CT molecular complexity index is 338. The van der Waals surface area contributed by atoms with Crippen molar-refractivity contribution in [3.63, 3.8) is 0 Å². The van der Waals surface area contributed by atoms with E-state index in [-0.39, 0.29) is 0 Å². The van der Waals surface area contributed by atoms with Crippen LogP contribution in [-0.4, -0.2) is 12.8 Å². The van der Waals surface area contributed by atoms with E-state index in [9.17, 15) is 0 Å². The van der Waals surface area contributed by atoms with Gasteiger partial charge in [0.25, 0.3) is 0 Å². The zero-order valence-corrected chi connectivity index (χ0v) is 8.00. The van der Waals surface area contributed by atoms with Crippen LogP contribution in [0.5, 0.6) is 5.75 Å². The smallest absolute Gasteiger partial charge is 0.136 e. The zero-order valence-electron chi connectivity index (χ0n) is 7.19. The van der Waals surface area contributed by atoms with Crippen LogP contribution in [0.2, 0.25) is 0 Å². The third-order valence-electron chi connectivity index (χ3n) is 1.66. The van der Waals surface area contributed by atoms with E-state index in [1.165, 1.54) is 12.0 Å². The lowest BCUT2D eigenvalue weighted by atomic mass is 10.2. The molecule has 68 valence electrons. The number of rotatable bonds is 2. The Morgan fingerprint density at radius 3 is 3.31 bits per heavy atom. The van der Waals surface area contributed by atoms with Crippen molar-refractivity contribution in [3.8, 4) is 5.75 Å². The molecule has 13 heavy (non-hydrogen) atoms. The van der Waals surface area contributed by atoms with Gasteiger partial charge in [0.15, 0.2) is 0 Å². The van der Waals surface area contributed by atoms with Crippen LogP contribution in [0, 0.1) is 0 Å². The van der Waals surface area contributed by atoms with Gasteiger partial charge < -0.3 is 9.02 Å². The van der Waals surface area contributed by atoms with E-state index < -0.39 is 0 Å². The van der Waals surface area contributed by atoms with E-state index >= 15 is 0 Å². The summed E-state index contributed by atoms with van der Waals surface area (Å²) in [6.45, 7) is 2.62. The third kappa shape index (κ3) is 1.62. The number of oxime groups is 1. The molecule has 0 spiro atoms. The molecule has 4 heteroatoms. The molecule has 1 heterocycles. The molecule has 0 unspecified atom stereocenters. The maximum absolute atomic E-state index is 5.44. The first-order valence-corrected chi connectivity index (χ1v) is 4.79. The highest BCUT2D eigenvalue weighted by Gasteiger charge is 2.13. The van der Waals surface area contributed by atoms with Gasteiger partial charge in [0.1, 0.15) is 22.7 Å². The Hall–Kier alpha value is -1.16. The number of hydrogen-bond donors (Lipinski definition) is 0. The fourth-order valence-electron chi connectivity index (χ4n) is 1.13. The first kappa shape index (κ1) is 8.44. The lowest BCUT2D eigenvalue weighted by Gasteiger charge is -2.12. The number of ether oxygens (including phenoxy) is 1. The quantitative estimate of drug-likeness (QED) is 0.679. The summed E-state index contributed by atoms with van der Waals surface area (Å²) in [7, 11) is 0. The van der Waals surface area contributed by atoms with Gasteiger partial charge in [0, 0.05) is 5.56 Å². The Balaban J connectivity index is 2.41. The monoisotopic (exact) mass is 195 g/mol. The van der Waals surface area contributed by atoms with Crippen molar-refractivity contribution >= 4 is 18.3 Å². The molecule has 0 N–H and O–H groups in total. The minimum absolute atomic E-state index is 0.661. The van der Waals surface area contributed by atoms with Crippen molar-refractivity contribution in [1.29, 1.82) is 0 Å². The van der Waals surface area contributed by atoms with Crippen molar-refractivity contribution in [2.45, 2.75) is 11.8 Å². The molecule has 0 atom stereocenters. The van der Waals surface area contributed by atoms with Crippen LogP contribution < -0.4 is 4.74 Å². The Morgan fingerprint density at radius 1 is 1.54 bits per heavy atom. The molecule has 0 radical (unpaired) electrons. The maximum Gasteiger partial charge on any atom is 0.136 e. The first-order valence-electron chi connectivity index (χ1n) is 4.04. The predicted octanol–water partition coefficient (Wildman–Crippen LogP) is 2.46. The van der Waals surface area contributed by atoms with Crippen LogP contribution >= 0.6 is 12.0 Å². The normalized spacial score (nSPS) is 13.3. The van der Waals surface area contributed by atoms with Crippen LogP contribution in [0.1, 0.15) is 12.5 Å². The molecule has 1 aliphatic heterocycles. The van der Waals surface area contributed by atoms with Gasteiger partial charge in [-0.05, 0) is 13.0 Å². The lowest BCUT2D eigenvalue weighted by Crippen LogP contribution is -1.98. The van der Waals surface area contributed by atoms with E-state index in [1.54, 1.807) is 6.21 Å². The molecule has 1 aliphatic rings. The van der Waals surface area contributed by atoms with Gasteiger partial charge in [-0.15, -0.1) is 0 Å². The van der Waals surface area contributed by atoms with Gasteiger partial charge in [-0.2, -0.15) is 0 Å². The molecule has 0 saturated heterocycles. The average Bonchev–Trinajstić information content (AvgIpc) is 2.19. The largest absolute Gasteiger partial charge is 0.493 e. The molecule has 0 aliphatic carbocycles. The third-order valence-corrected chi connectivity index (χ3v) is 2.43. The van der Waals surface area contributed by atoms with Crippen LogP contribution in [-0.2, 0) is 4.28 Å². The molecule has 0 fully saturated rings. The summed E-state index contributed by atoms with van der Waals surface area (Å²) in [5.41, 5.74) is 1.04. The van der Waals surface area contributed by atoms with Crippen molar-refractivity contribution < 1.29 is 9.02 Å². The maximum atomic E-state index is 5.44. The van der Waals surface area contributed by atoms with E-state index in [1.807, 2.05) is 25.1 Å². The Kier molecular flexibility index (Phi) is 2.40. The van der Waals surface area contributed by atoms with Crippen LogP contribution in [0.4, 0.5) is 0 Å². The van der Waals surface area contributed by atoms with Crippen molar-refractivity contribution in [1.82, 2.24) is 0 Å². The van der Waals surface area contributed by atoms with E-state index in [4.69, 9.17) is 9.02 Å². The standard InChI is InChI=1S/C9H9NO2S/c1-2-11-8-5-3-4-7-6-10-12-13-9(7)8/h3-6H,2H2,1H3. The number of nitrogens with zero attached hydrogens (tertiary/aromatic N) is 1. The second kappa shape index (κ2) is 3.70. The van der Waals surface area contributed by atoms with E-state index in [2.05, 4.69) is 5.16 Å². The summed E-state index contributed by atoms with van der Waals surface area (Å²) < 4.78 is 10.3. The molecule has 1 aromatic rings. The molecule has 0 saturated carbocycles. The number of fused-ring (bicyclic) bond motifs is 1. The minimum Gasteiger partial charge on any atom is -0.493 e. The molecular weight excluding hydrogens is 186 g/mol. The van der Waals surface area contributed by atoms with Crippen LogP contribution in [0.15, 0.2) is 28.3 Å². The van der Waals surface area contributed by atoms with E-state index in [0.29, 0.717) is 6.61 Å². The summed E-state index contributed by atoms with van der Waals surface area (Å²) in [5.74, 6) is 0.858. The Morgan fingerprint density at radius 2 is 2.46 bits per heavy atom. The van der Waals surface area contributed by atoms with Gasteiger partial charge in [-0.25, -0.2) is 0 Å². The molecule has 3 nitrogen and oxygen atoms in total. The van der Waals surface area contributed by atoms with Crippen LogP contribution in [0.3, 0.4) is 0 Å². The highest BCUT2D eigenvalue weighted by atomic mass is 32.2. The molecule has 1 aromatic carbocycles. The molecule has 2 rings (SSSR count). The number of hydrogen-bond acceptors (Lipinski definition) is 4. The summed E-state index contributed by atoms with van der Waals surface area (Å²) in [6, 6.07) is 5.86. The topological polar surface area (TPSA) is 30.8 Å². The fourth-order valence-corrected chi connectivity index (χ4v) is 1.72.